The second kappa shape index (κ2) is 9.38. The number of ether oxygens (including phenoxy) is 2. The average Bonchev–Trinajstić information content (AvgIpc) is 2.68. The number of halogens is 2. The van der Waals surface area contributed by atoms with Gasteiger partial charge in [0.25, 0.3) is 11.8 Å². The Kier molecular flexibility index (Phi) is 7.19. The van der Waals surface area contributed by atoms with Gasteiger partial charge >= 0.3 is 0 Å². The summed E-state index contributed by atoms with van der Waals surface area (Å²) in [7, 11) is 2.84. The second-order valence-corrected chi connectivity index (χ2v) is 6.47. The lowest BCUT2D eigenvalue weighted by Crippen LogP contribution is -2.35. The summed E-state index contributed by atoms with van der Waals surface area (Å²) in [6.07, 6.45) is 0. The number of nitrogen functional groups attached to an aromatic ring is 2. The topological polar surface area (TPSA) is 129 Å². The molecular weight excluding hydrogens is 407 g/mol. The number of nitrogens with one attached hydrogen (secondary N) is 2. The van der Waals surface area contributed by atoms with Crippen molar-refractivity contribution in [1.82, 2.24) is 10.6 Å². The van der Waals surface area contributed by atoms with Crippen molar-refractivity contribution in [3.05, 3.63) is 45.4 Å². The van der Waals surface area contributed by atoms with Crippen molar-refractivity contribution in [3.63, 3.8) is 0 Å². The van der Waals surface area contributed by atoms with Gasteiger partial charge in [0.05, 0.1) is 46.8 Å². The first-order valence-electron chi connectivity index (χ1n) is 8.10. The minimum atomic E-state index is -0.416. The lowest BCUT2D eigenvalue weighted by atomic mass is 10.1. The zero-order valence-corrected chi connectivity index (χ0v) is 16.8. The molecule has 0 heterocycles. The van der Waals surface area contributed by atoms with Gasteiger partial charge in [-0.3, -0.25) is 9.59 Å². The molecule has 0 aliphatic carbocycles. The number of nitrogens with two attached hydrogens (primary N) is 2. The number of hydrogen-bond acceptors (Lipinski definition) is 6. The lowest BCUT2D eigenvalue weighted by molar-refractivity contribution is 0.0924. The number of methoxy groups -OCH3 is 2. The van der Waals surface area contributed by atoms with Crippen LogP contribution in [0.3, 0.4) is 0 Å². The van der Waals surface area contributed by atoms with Crippen LogP contribution in [0.15, 0.2) is 24.3 Å². The highest BCUT2D eigenvalue weighted by molar-refractivity contribution is 6.34. The number of carbonyl (C=O) groups is 2. The van der Waals surface area contributed by atoms with E-state index in [-0.39, 0.29) is 34.3 Å². The van der Waals surface area contributed by atoms with Crippen LogP contribution < -0.4 is 31.6 Å². The molecule has 0 fully saturated rings. The Morgan fingerprint density at radius 2 is 1.18 bits per heavy atom. The van der Waals surface area contributed by atoms with Crippen LogP contribution in [0.1, 0.15) is 20.7 Å². The van der Waals surface area contributed by atoms with E-state index in [0.29, 0.717) is 22.9 Å². The fourth-order valence-corrected chi connectivity index (χ4v) is 2.70. The van der Waals surface area contributed by atoms with E-state index >= 15 is 0 Å². The monoisotopic (exact) mass is 426 g/mol. The van der Waals surface area contributed by atoms with Gasteiger partial charge in [-0.15, -0.1) is 0 Å². The number of hydrogen-bond donors (Lipinski definition) is 4. The van der Waals surface area contributed by atoms with Crippen LogP contribution in [0.2, 0.25) is 10.0 Å². The molecule has 10 heteroatoms. The SMILES string of the molecule is COc1cc(N)c(Cl)cc1C(=O)NCCNC(=O)c1cc(Cl)c(N)cc1OC. The molecule has 6 N–H and O–H groups in total. The normalized spacial score (nSPS) is 10.3. The number of rotatable bonds is 7. The second-order valence-electron chi connectivity index (χ2n) is 5.66. The van der Waals surface area contributed by atoms with Crippen molar-refractivity contribution in [2.24, 2.45) is 0 Å². The summed E-state index contributed by atoms with van der Waals surface area (Å²) in [5.74, 6) is -0.239. The van der Waals surface area contributed by atoms with E-state index in [9.17, 15) is 9.59 Å². The third kappa shape index (κ3) is 4.90. The number of anilines is 2. The van der Waals surface area contributed by atoms with Gasteiger partial charge in [0.1, 0.15) is 11.5 Å². The first kappa shape index (κ1) is 21.5. The first-order chi connectivity index (χ1) is 13.3. The van der Waals surface area contributed by atoms with Crippen molar-refractivity contribution in [2.75, 3.05) is 38.8 Å². The van der Waals surface area contributed by atoms with Gasteiger partial charge in [0.15, 0.2) is 0 Å². The molecule has 0 atom stereocenters. The van der Waals surface area contributed by atoms with E-state index in [0.717, 1.165) is 0 Å². The largest absolute Gasteiger partial charge is 0.496 e. The van der Waals surface area contributed by atoms with Crippen molar-refractivity contribution in [1.29, 1.82) is 0 Å². The average molecular weight is 427 g/mol. The van der Waals surface area contributed by atoms with Crippen LogP contribution in [0.4, 0.5) is 11.4 Å². The molecule has 2 rings (SSSR count). The smallest absolute Gasteiger partial charge is 0.255 e. The number of benzene rings is 2. The summed E-state index contributed by atoms with van der Waals surface area (Å²) in [5, 5.41) is 5.82. The Hall–Kier alpha value is -2.84. The molecular formula is C18H20Cl2N4O4. The molecule has 2 aromatic rings. The molecule has 0 saturated carbocycles. The van der Waals surface area contributed by atoms with Crippen LogP contribution >= 0.6 is 23.2 Å². The van der Waals surface area contributed by atoms with Crippen LogP contribution in [0, 0.1) is 0 Å². The zero-order valence-electron chi connectivity index (χ0n) is 15.3. The maximum absolute atomic E-state index is 12.3. The van der Waals surface area contributed by atoms with Crippen molar-refractivity contribution < 1.29 is 19.1 Å². The Bertz CT molecular complexity index is 832. The minimum Gasteiger partial charge on any atom is -0.496 e. The van der Waals surface area contributed by atoms with Gasteiger partial charge < -0.3 is 31.6 Å². The Labute approximate surface area is 172 Å². The van der Waals surface area contributed by atoms with E-state index in [1.807, 2.05) is 0 Å². The Morgan fingerprint density at radius 3 is 1.50 bits per heavy atom. The molecule has 8 nitrogen and oxygen atoms in total. The quantitative estimate of drug-likeness (QED) is 0.397. The predicted molar refractivity (Wildman–Crippen MR) is 109 cm³/mol. The molecule has 0 saturated heterocycles. The zero-order chi connectivity index (χ0) is 20.8. The Balaban J connectivity index is 1.96. The lowest BCUT2D eigenvalue weighted by Gasteiger charge is -2.13. The van der Waals surface area contributed by atoms with Gasteiger partial charge in [-0.25, -0.2) is 0 Å². The first-order valence-corrected chi connectivity index (χ1v) is 8.86. The van der Waals surface area contributed by atoms with Crippen molar-refractivity contribution in [3.8, 4) is 11.5 Å². The van der Waals surface area contributed by atoms with E-state index < -0.39 is 11.8 Å². The van der Waals surface area contributed by atoms with Gasteiger partial charge in [-0.1, -0.05) is 23.2 Å². The standard InChI is InChI=1S/C18H20Cl2N4O4/c1-27-15-7-13(21)11(19)5-9(15)17(25)23-3-4-24-18(26)10-6-12(20)14(22)8-16(10)28-2/h5-8H,3-4,21-22H2,1-2H3,(H,23,25)(H,24,26). The highest BCUT2D eigenvalue weighted by Crippen LogP contribution is 2.29. The van der Waals surface area contributed by atoms with Crippen LogP contribution in [-0.2, 0) is 0 Å². The molecule has 28 heavy (non-hydrogen) atoms. The van der Waals surface area contributed by atoms with Crippen LogP contribution in [0.25, 0.3) is 0 Å². The fourth-order valence-electron chi connectivity index (χ4n) is 2.37. The maximum Gasteiger partial charge on any atom is 0.255 e. The number of amides is 2. The van der Waals surface area contributed by atoms with Crippen LogP contribution in [0.5, 0.6) is 11.5 Å². The summed E-state index contributed by atoms with van der Waals surface area (Å²) in [6.45, 7) is 0.335. The molecule has 2 amide bonds. The van der Waals surface area contributed by atoms with E-state index in [1.165, 1.54) is 38.5 Å². The molecule has 0 radical (unpaired) electrons. The molecule has 0 bridgehead atoms. The van der Waals surface area contributed by atoms with Crippen molar-refractivity contribution >= 4 is 46.4 Å². The summed E-state index contributed by atoms with van der Waals surface area (Å²) in [4.78, 5) is 24.7. The molecule has 150 valence electrons. The van der Waals surface area contributed by atoms with E-state index in [4.69, 9.17) is 44.1 Å². The summed E-state index contributed by atoms with van der Waals surface area (Å²) in [5.41, 5.74) is 12.5. The third-order valence-corrected chi connectivity index (χ3v) is 4.48. The maximum atomic E-state index is 12.3. The molecule has 0 aromatic heterocycles. The summed E-state index contributed by atoms with van der Waals surface area (Å²) < 4.78 is 10.3. The predicted octanol–water partition coefficient (Wildman–Crippen LogP) is 2.33. The fraction of sp³-hybridized carbons (Fsp3) is 0.222. The molecule has 2 aromatic carbocycles. The van der Waals surface area contributed by atoms with Crippen molar-refractivity contribution in [2.45, 2.75) is 0 Å². The van der Waals surface area contributed by atoms with Gasteiger partial charge in [0.2, 0.25) is 0 Å². The Morgan fingerprint density at radius 1 is 0.821 bits per heavy atom. The van der Waals surface area contributed by atoms with Crippen LogP contribution in [-0.4, -0.2) is 39.1 Å². The third-order valence-electron chi connectivity index (χ3n) is 3.82. The summed E-state index contributed by atoms with van der Waals surface area (Å²) >= 11 is 11.9. The molecule has 0 aliphatic rings. The number of carbonyl (C=O) groups excluding carboxylic acids is 2. The van der Waals surface area contributed by atoms with Gasteiger partial charge in [0, 0.05) is 25.2 Å². The molecule has 0 aliphatic heterocycles. The highest BCUT2D eigenvalue weighted by Gasteiger charge is 2.16. The molecule has 0 spiro atoms. The van der Waals surface area contributed by atoms with E-state index in [1.54, 1.807) is 0 Å². The summed E-state index contributed by atoms with van der Waals surface area (Å²) in [6, 6.07) is 5.78. The van der Waals surface area contributed by atoms with Gasteiger partial charge in [-0.05, 0) is 12.1 Å². The molecule has 0 unspecified atom stereocenters. The minimum absolute atomic E-state index is 0.167. The highest BCUT2D eigenvalue weighted by atomic mass is 35.5. The van der Waals surface area contributed by atoms with Gasteiger partial charge in [-0.2, -0.15) is 0 Å². The van der Waals surface area contributed by atoms with E-state index in [2.05, 4.69) is 10.6 Å².